The van der Waals surface area contributed by atoms with Crippen molar-refractivity contribution in [3.8, 4) is 34.1 Å². The summed E-state index contributed by atoms with van der Waals surface area (Å²) in [7, 11) is 3.32. The summed E-state index contributed by atoms with van der Waals surface area (Å²) in [6, 6.07) is 8.15. The number of methoxy groups -OCH3 is 2. The Morgan fingerprint density at radius 1 is 1.04 bits per heavy atom. The van der Waals surface area contributed by atoms with Crippen LogP contribution < -0.4 is 24.7 Å². The lowest BCUT2D eigenvalue weighted by Gasteiger charge is -2.29. The minimum atomic E-state index is 0.253. The van der Waals surface area contributed by atoms with Crippen molar-refractivity contribution in [2.24, 2.45) is 5.73 Å². The number of ether oxygens (including phenoxy) is 4. The second kappa shape index (κ2) is 6.56. The molecule has 0 spiro atoms. The molecule has 6 nitrogen and oxygen atoms in total. The molecular weight excluding hydrogens is 356 g/mol. The van der Waals surface area contributed by atoms with Crippen molar-refractivity contribution >= 4 is 10.9 Å². The van der Waals surface area contributed by atoms with E-state index in [1.54, 1.807) is 14.2 Å². The van der Waals surface area contributed by atoms with Gasteiger partial charge in [-0.15, -0.1) is 0 Å². The molecule has 0 radical (unpaired) electrons. The van der Waals surface area contributed by atoms with Crippen LogP contribution in [-0.4, -0.2) is 32.5 Å². The number of nitrogens with two attached hydrogens (primary N) is 1. The van der Waals surface area contributed by atoms with Crippen molar-refractivity contribution in [3.63, 3.8) is 0 Å². The maximum Gasteiger partial charge on any atom is 0.231 e. The van der Waals surface area contributed by atoms with Gasteiger partial charge in [0.1, 0.15) is 0 Å². The first-order valence-corrected chi connectivity index (χ1v) is 9.41. The Labute approximate surface area is 163 Å². The zero-order valence-electron chi connectivity index (χ0n) is 16.0. The zero-order valence-corrected chi connectivity index (χ0v) is 16.0. The van der Waals surface area contributed by atoms with Gasteiger partial charge in [-0.2, -0.15) is 0 Å². The van der Waals surface area contributed by atoms with Gasteiger partial charge in [0.25, 0.3) is 0 Å². The first kappa shape index (κ1) is 17.1. The molecule has 144 valence electrons. The first-order valence-electron chi connectivity index (χ1n) is 9.41. The van der Waals surface area contributed by atoms with E-state index in [9.17, 15) is 0 Å². The average molecular weight is 378 g/mol. The molecule has 2 aromatic carbocycles. The highest BCUT2D eigenvalue weighted by Gasteiger charge is 2.29. The maximum absolute atomic E-state index is 5.94. The Bertz CT molecular complexity index is 1080. The van der Waals surface area contributed by atoms with Gasteiger partial charge in [0, 0.05) is 23.2 Å². The minimum Gasteiger partial charge on any atom is -0.493 e. The van der Waals surface area contributed by atoms with E-state index < -0.39 is 0 Å². The van der Waals surface area contributed by atoms with Crippen molar-refractivity contribution in [3.05, 3.63) is 41.6 Å². The molecule has 2 aliphatic rings. The van der Waals surface area contributed by atoms with E-state index in [0.29, 0.717) is 18.2 Å². The summed E-state index contributed by atoms with van der Waals surface area (Å²) in [6.45, 7) is 0.882. The van der Waals surface area contributed by atoms with Crippen LogP contribution in [0.25, 0.3) is 22.0 Å². The van der Waals surface area contributed by atoms with E-state index in [1.165, 1.54) is 11.1 Å². The van der Waals surface area contributed by atoms with E-state index >= 15 is 0 Å². The van der Waals surface area contributed by atoms with Crippen LogP contribution in [0.3, 0.4) is 0 Å². The van der Waals surface area contributed by atoms with Crippen LogP contribution >= 0.6 is 0 Å². The van der Waals surface area contributed by atoms with Crippen molar-refractivity contribution in [2.45, 2.75) is 18.8 Å². The van der Waals surface area contributed by atoms with Gasteiger partial charge in [-0.3, -0.25) is 4.98 Å². The standard InChI is InChI=1S/C22H22N2O4/c1-25-19-6-13-12(3-4-23)5-14-16-8-21-22(28-11-27-21)9-18(16)24-10-17(14)15(13)7-20(19)26-2/h6-10,12H,3-5,11,23H2,1-2H3. The van der Waals surface area contributed by atoms with Crippen LogP contribution in [0.2, 0.25) is 0 Å². The van der Waals surface area contributed by atoms with Gasteiger partial charge in [-0.05, 0) is 60.2 Å². The molecule has 3 aromatic rings. The van der Waals surface area contributed by atoms with Crippen LogP contribution in [-0.2, 0) is 6.42 Å². The van der Waals surface area contributed by atoms with E-state index in [2.05, 4.69) is 18.2 Å². The number of benzene rings is 2. The highest BCUT2D eigenvalue weighted by Crippen LogP contribution is 2.48. The maximum atomic E-state index is 5.94. The van der Waals surface area contributed by atoms with Crippen molar-refractivity contribution in [1.82, 2.24) is 4.98 Å². The number of hydrogen-bond acceptors (Lipinski definition) is 6. The molecule has 0 amide bonds. The van der Waals surface area contributed by atoms with Crippen LogP contribution in [0.1, 0.15) is 23.5 Å². The molecule has 1 aliphatic carbocycles. The van der Waals surface area contributed by atoms with Crippen molar-refractivity contribution in [2.75, 3.05) is 27.6 Å². The van der Waals surface area contributed by atoms with Gasteiger partial charge in [-0.25, -0.2) is 0 Å². The predicted molar refractivity (Wildman–Crippen MR) is 107 cm³/mol. The Kier molecular flexibility index (Phi) is 4.02. The Morgan fingerprint density at radius 3 is 2.54 bits per heavy atom. The lowest BCUT2D eigenvalue weighted by atomic mass is 9.76. The third kappa shape index (κ3) is 2.48. The third-order valence-corrected chi connectivity index (χ3v) is 5.73. The Morgan fingerprint density at radius 2 is 1.79 bits per heavy atom. The number of aromatic nitrogens is 1. The molecule has 6 heteroatoms. The molecule has 2 heterocycles. The molecular formula is C22H22N2O4. The summed E-state index contributed by atoms with van der Waals surface area (Å²) >= 11 is 0. The fourth-order valence-electron chi connectivity index (χ4n) is 4.37. The van der Waals surface area contributed by atoms with Gasteiger partial charge in [-0.1, -0.05) is 0 Å². The number of nitrogens with zero attached hydrogens (tertiary/aromatic N) is 1. The summed E-state index contributed by atoms with van der Waals surface area (Å²) in [5.41, 5.74) is 11.6. The van der Waals surface area contributed by atoms with E-state index in [4.69, 9.17) is 29.7 Å². The fourth-order valence-corrected chi connectivity index (χ4v) is 4.37. The molecule has 5 rings (SSSR count). The van der Waals surface area contributed by atoms with Crippen LogP contribution in [0.15, 0.2) is 30.5 Å². The Balaban J connectivity index is 1.77. The SMILES string of the molecule is COc1cc2c(cc1OC)C(CCN)Cc1c-2cnc2cc3c(cc12)OCO3. The Hall–Kier alpha value is -2.99. The summed E-state index contributed by atoms with van der Waals surface area (Å²) in [4.78, 5) is 4.71. The minimum absolute atomic E-state index is 0.253. The van der Waals surface area contributed by atoms with E-state index in [-0.39, 0.29) is 6.79 Å². The molecule has 28 heavy (non-hydrogen) atoms. The topological polar surface area (TPSA) is 75.8 Å². The first-order chi connectivity index (χ1) is 13.7. The molecule has 0 saturated heterocycles. The molecule has 1 atom stereocenters. The summed E-state index contributed by atoms with van der Waals surface area (Å²) in [5.74, 6) is 3.29. The van der Waals surface area contributed by atoms with Crippen molar-refractivity contribution in [1.29, 1.82) is 0 Å². The van der Waals surface area contributed by atoms with Gasteiger partial charge < -0.3 is 24.7 Å². The lowest BCUT2D eigenvalue weighted by Crippen LogP contribution is -2.16. The zero-order chi connectivity index (χ0) is 19.3. The molecule has 1 aliphatic heterocycles. The summed E-state index contributed by atoms with van der Waals surface area (Å²) in [6.07, 6.45) is 3.74. The second-order valence-corrected chi connectivity index (χ2v) is 7.15. The van der Waals surface area contributed by atoms with Gasteiger partial charge in [0.05, 0.1) is 19.7 Å². The predicted octanol–water partition coefficient (Wildman–Crippen LogP) is 3.64. The lowest BCUT2D eigenvalue weighted by molar-refractivity contribution is 0.174. The van der Waals surface area contributed by atoms with Crippen molar-refractivity contribution < 1.29 is 18.9 Å². The monoisotopic (exact) mass is 378 g/mol. The van der Waals surface area contributed by atoms with Crippen LogP contribution in [0.5, 0.6) is 23.0 Å². The van der Waals surface area contributed by atoms with Gasteiger partial charge >= 0.3 is 0 Å². The highest BCUT2D eigenvalue weighted by atomic mass is 16.7. The van der Waals surface area contributed by atoms with Gasteiger partial charge in [0.2, 0.25) is 6.79 Å². The number of fused-ring (bicyclic) bond motifs is 6. The van der Waals surface area contributed by atoms with E-state index in [0.717, 1.165) is 52.1 Å². The molecule has 0 bridgehead atoms. The largest absolute Gasteiger partial charge is 0.493 e. The molecule has 1 aromatic heterocycles. The van der Waals surface area contributed by atoms with E-state index in [1.807, 2.05) is 12.3 Å². The number of pyridine rings is 1. The van der Waals surface area contributed by atoms with Crippen LogP contribution in [0, 0.1) is 0 Å². The smallest absolute Gasteiger partial charge is 0.231 e. The molecule has 0 fully saturated rings. The third-order valence-electron chi connectivity index (χ3n) is 5.73. The average Bonchev–Trinajstić information content (AvgIpc) is 3.18. The molecule has 2 N–H and O–H groups in total. The van der Waals surface area contributed by atoms with Crippen LogP contribution in [0.4, 0.5) is 0 Å². The normalized spacial score (nSPS) is 16.6. The number of hydrogen-bond donors (Lipinski definition) is 1. The fraction of sp³-hybridized carbons (Fsp3) is 0.318. The quantitative estimate of drug-likeness (QED) is 0.747. The highest BCUT2D eigenvalue weighted by molar-refractivity contribution is 5.93. The molecule has 0 saturated carbocycles. The molecule has 1 unspecified atom stereocenters. The number of rotatable bonds is 4. The van der Waals surface area contributed by atoms with Gasteiger partial charge in [0.15, 0.2) is 23.0 Å². The second-order valence-electron chi connectivity index (χ2n) is 7.15. The summed E-state index contributed by atoms with van der Waals surface area (Å²) in [5, 5.41) is 1.10. The summed E-state index contributed by atoms with van der Waals surface area (Å²) < 4.78 is 22.2.